The van der Waals surface area contributed by atoms with Gasteiger partial charge in [-0.25, -0.2) is 4.39 Å². The standard InChI is InChI=1S/C30H34FNO4/c1-19(2)12-28(24-14-20(3)13-21(4)15-24)32-30(35)27-16-22(8-9-23(27)10-11-29(33)34)18-36-26-7-5-6-25(31)17-26/h5-9,13-17,19,28H,10-12,18H2,1-4H3,(H,32,35)(H,33,34). The van der Waals surface area contributed by atoms with Gasteiger partial charge in [0.1, 0.15) is 18.2 Å². The van der Waals surface area contributed by atoms with Crippen molar-refractivity contribution in [2.75, 3.05) is 0 Å². The number of amides is 1. The maximum absolute atomic E-state index is 13.6. The van der Waals surface area contributed by atoms with Gasteiger partial charge in [-0.15, -0.1) is 0 Å². The van der Waals surface area contributed by atoms with Gasteiger partial charge in [0.2, 0.25) is 0 Å². The second-order valence-electron chi connectivity index (χ2n) is 9.71. The Labute approximate surface area is 212 Å². The lowest BCUT2D eigenvalue weighted by Gasteiger charge is -2.23. The molecule has 190 valence electrons. The minimum absolute atomic E-state index is 0.0775. The molecule has 0 bridgehead atoms. The van der Waals surface area contributed by atoms with Crippen LogP contribution in [0.1, 0.15) is 70.9 Å². The molecule has 36 heavy (non-hydrogen) atoms. The van der Waals surface area contributed by atoms with E-state index in [1.54, 1.807) is 24.3 Å². The summed E-state index contributed by atoms with van der Waals surface area (Å²) in [6, 6.07) is 17.3. The van der Waals surface area contributed by atoms with E-state index in [-0.39, 0.29) is 37.2 Å². The van der Waals surface area contributed by atoms with Crippen LogP contribution in [0.2, 0.25) is 0 Å². The van der Waals surface area contributed by atoms with Gasteiger partial charge >= 0.3 is 5.97 Å². The lowest BCUT2D eigenvalue weighted by molar-refractivity contribution is -0.136. The van der Waals surface area contributed by atoms with E-state index in [0.717, 1.165) is 28.7 Å². The molecule has 1 unspecified atom stereocenters. The number of halogens is 1. The Balaban J connectivity index is 1.88. The van der Waals surface area contributed by atoms with E-state index in [0.29, 0.717) is 22.8 Å². The number of carbonyl (C=O) groups is 2. The van der Waals surface area contributed by atoms with Crippen LogP contribution in [0.5, 0.6) is 5.75 Å². The van der Waals surface area contributed by atoms with Gasteiger partial charge in [0.05, 0.1) is 6.04 Å². The van der Waals surface area contributed by atoms with E-state index >= 15 is 0 Å². The molecule has 0 saturated carbocycles. The molecule has 0 aliphatic heterocycles. The van der Waals surface area contributed by atoms with Gasteiger partial charge in [0, 0.05) is 18.1 Å². The number of hydrogen-bond acceptors (Lipinski definition) is 3. The zero-order valence-electron chi connectivity index (χ0n) is 21.3. The summed E-state index contributed by atoms with van der Waals surface area (Å²) < 4.78 is 19.2. The van der Waals surface area contributed by atoms with Crippen LogP contribution in [0, 0.1) is 25.6 Å². The first-order valence-electron chi connectivity index (χ1n) is 12.2. The van der Waals surface area contributed by atoms with Gasteiger partial charge in [-0.05, 0) is 67.5 Å². The Kier molecular flexibility index (Phi) is 9.23. The smallest absolute Gasteiger partial charge is 0.303 e. The van der Waals surface area contributed by atoms with Crippen molar-refractivity contribution in [1.29, 1.82) is 0 Å². The molecule has 0 aliphatic rings. The number of hydrogen-bond donors (Lipinski definition) is 2. The number of carbonyl (C=O) groups excluding carboxylic acids is 1. The molecule has 0 radical (unpaired) electrons. The number of benzene rings is 3. The van der Waals surface area contributed by atoms with Gasteiger partial charge < -0.3 is 15.2 Å². The lowest BCUT2D eigenvalue weighted by atomic mass is 9.93. The minimum Gasteiger partial charge on any atom is -0.489 e. The molecule has 3 aromatic carbocycles. The summed E-state index contributed by atoms with van der Waals surface area (Å²) in [4.78, 5) is 24.8. The number of nitrogens with one attached hydrogen (secondary N) is 1. The fraction of sp³-hybridized carbons (Fsp3) is 0.333. The third-order valence-electron chi connectivity index (χ3n) is 5.89. The number of rotatable bonds is 11. The number of aryl methyl sites for hydroxylation is 3. The average molecular weight is 492 g/mol. The molecule has 1 amide bonds. The molecule has 0 aromatic heterocycles. The van der Waals surface area contributed by atoms with Crippen molar-refractivity contribution in [3.63, 3.8) is 0 Å². The van der Waals surface area contributed by atoms with E-state index in [9.17, 15) is 19.1 Å². The Morgan fingerprint density at radius 1 is 1.00 bits per heavy atom. The molecule has 0 fully saturated rings. The monoisotopic (exact) mass is 491 g/mol. The highest BCUT2D eigenvalue weighted by molar-refractivity contribution is 5.96. The third-order valence-corrected chi connectivity index (χ3v) is 5.89. The SMILES string of the molecule is Cc1cc(C)cc(C(CC(C)C)NC(=O)c2cc(COc3cccc(F)c3)ccc2CCC(=O)O)c1. The van der Waals surface area contributed by atoms with Crippen molar-refractivity contribution >= 4 is 11.9 Å². The number of carboxylic acids is 1. The predicted molar refractivity (Wildman–Crippen MR) is 139 cm³/mol. The van der Waals surface area contributed by atoms with E-state index in [1.807, 2.05) is 19.9 Å². The van der Waals surface area contributed by atoms with Crippen molar-refractivity contribution in [2.45, 2.75) is 59.6 Å². The molecule has 6 heteroatoms. The summed E-state index contributed by atoms with van der Waals surface area (Å²) in [6.45, 7) is 8.46. The van der Waals surface area contributed by atoms with Gasteiger partial charge in [-0.1, -0.05) is 61.4 Å². The van der Waals surface area contributed by atoms with Gasteiger partial charge in [-0.3, -0.25) is 9.59 Å². The normalized spacial score (nSPS) is 11.8. The van der Waals surface area contributed by atoms with Gasteiger partial charge in [0.15, 0.2) is 0 Å². The number of carboxylic acid groups (broad SMARTS) is 1. The highest BCUT2D eigenvalue weighted by Gasteiger charge is 2.20. The largest absolute Gasteiger partial charge is 0.489 e. The number of ether oxygens (including phenoxy) is 1. The van der Waals surface area contributed by atoms with Crippen LogP contribution in [-0.2, 0) is 17.8 Å². The summed E-state index contributed by atoms with van der Waals surface area (Å²) in [5.41, 5.74) is 5.13. The van der Waals surface area contributed by atoms with Crippen LogP contribution in [0.3, 0.4) is 0 Å². The third kappa shape index (κ3) is 7.94. The van der Waals surface area contributed by atoms with Crippen LogP contribution >= 0.6 is 0 Å². The fourth-order valence-corrected chi connectivity index (χ4v) is 4.30. The fourth-order valence-electron chi connectivity index (χ4n) is 4.30. The Bertz CT molecular complexity index is 1200. The molecule has 0 saturated heterocycles. The minimum atomic E-state index is -0.923. The first kappa shape index (κ1) is 26.9. The lowest BCUT2D eigenvalue weighted by Crippen LogP contribution is -2.30. The van der Waals surface area contributed by atoms with E-state index in [4.69, 9.17) is 4.74 Å². The van der Waals surface area contributed by atoms with Crippen molar-refractivity contribution in [3.05, 3.63) is 99.9 Å². The maximum Gasteiger partial charge on any atom is 0.303 e. The Morgan fingerprint density at radius 2 is 1.72 bits per heavy atom. The van der Waals surface area contributed by atoms with Crippen LogP contribution in [-0.4, -0.2) is 17.0 Å². The molecular weight excluding hydrogens is 457 g/mol. The molecule has 2 N–H and O–H groups in total. The highest BCUT2D eigenvalue weighted by Crippen LogP contribution is 2.25. The van der Waals surface area contributed by atoms with Crippen LogP contribution in [0.15, 0.2) is 60.7 Å². The maximum atomic E-state index is 13.6. The zero-order chi connectivity index (χ0) is 26.2. The Hall–Kier alpha value is -3.67. The first-order chi connectivity index (χ1) is 17.1. The summed E-state index contributed by atoms with van der Waals surface area (Å²) in [6.07, 6.45) is 0.925. The van der Waals surface area contributed by atoms with E-state index < -0.39 is 5.97 Å². The first-order valence-corrected chi connectivity index (χ1v) is 12.2. The van der Waals surface area contributed by atoms with Gasteiger partial charge in [0.25, 0.3) is 5.91 Å². The molecule has 3 rings (SSSR count). The zero-order valence-corrected chi connectivity index (χ0v) is 21.3. The summed E-state index contributed by atoms with van der Waals surface area (Å²) in [7, 11) is 0. The molecular formula is C30H34FNO4. The molecule has 0 aliphatic carbocycles. The topological polar surface area (TPSA) is 75.6 Å². The van der Waals surface area contributed by atoms with Crippen molar-refractivity contribution < 1.29 is 23.8 Å². The summed E-state index contributed by atoms with van der Waals surface area (Å²) in [5.74, 6) is -0.823. The van der Waals surface area contributed by atoms with Crippen LogP contribution < -0.4 is 10.1 Å². The Morgan fingerprint density at radius 3 is 2.36 bits per heavy atom. The summed E-state index contributed by atoms with van der Waals surface area (Å²) >= 11 is 0. The second-order valence-corrected chi connectivity index (χ2v) is 9.71. The summed E-state index contributed by atoms with van der Waals surface area (Å²) in [5, 5.41) is 12.4. The quantitative estimate of drug-likeness (QED) is 0.319. The van der Waals surface area contributed by atoms with Crippen LogP contribution in [0.4, 0.5) is 4.39 Å². The molecule has 1 atom stereocenters. The van der Waals surface area contributed by atoms with E-state index in [2.05, 4.69) is 37.4 Å². The van der Waals surface area contributed by atoms with Gasteiger partial charge in [-0.2, -0.15) is 0 Å². The second kappa shape index (κ2) is 12.3. The van der Waals surface area contributed by atoms with Crippen LogP contribution in [0.25, 0.3) is 0 Å². The number of aliphatic carboxylic acids is 1. The predicted octanol–water partition coefficient (Wildman–Crippen LogP) is 6.56. The van der Waals surface area contributed by atoms with Crippen molar-refractivity contribution in [1.82, 2.24) is 5.32 Å². The molecule has 0 heterocycles. The van der Waals surface area contributed by atoms with Crippen molar-refractivity contribution in [3.8, 4) is 5.75 Å². The molecule has 3 aromatic rings. The van der Waals surface area contributed by atoms with Crippen molar-refractivity contribution in [2.24, 2.45) is 5.92 Å². The highest BCUT2D eigenvalue weighted by atomic mass is 19.1. The van der Waals surface area contributed by atoms with E-state index in [1.165, 1.54) is 12.1 Å². The molecule has 0 spiro atoms. The average Bonchev–Trinajstić information content (AvgIpc) is 2.80. The molecule has 5 nitrogen and oxygen atoms in total.